The minimum atomic E-state index is -0.450. The molecule has 146 valence electrons. The monoisotopic (exact) mass is 366 g/mol. The molecule has 1 aliphatic rings. The van der Waals surface area contributed by atoms with Crippen LogP contribution in [-0.2, 0) is 16.0 Å². The van der Waals surface area contributed by atoms with Gasteiger partial charge in [-0.1, -0.05) is 0 Å². The Balaban J connectivity index is 2.05. The van der Waals surface area contributed by atoms with Gasteiger partial charge in [0.15, 0.2) is 0 Å². The van der Waals surface area contributed by atoms with Gasteiger partial charge >= 0.3 is 0 Å². The van der Waals surface area contributed by atoms with E-state index in [4.69, 9.17) is 18.9 Å². The van der Waals surface area contributed by atoms with Gasteiger partial charge < -0.3 is 29.6 Å². The minimum Gasteiger partial charge on any atom is -0.496 e. The third-order valence-corrected chi connectivity index (χ3v) is 4.94. The van der Waals surface area contributed by atoms with Crippen molar-refractivity contribution in [3.8, 4) is 17.2 Å². The third-order valence-electron chi connectivity index (χ3n) is 4.94. The van der Waals surface area contributed by atoms with Crippen LogP contribution in [-0.4, -0.2) is 60.6 Å². The summed E-state index contributed by atoms with van der Waals surface area (Å²) in [4.78, 5) is 12.8. The van der Waals surface area contributed by atoms with Crippen LogP contribution in [0.3, 0.4) is 0 Å². The Morgan fingerprint density at radius 1 is 1.08 bits per heavy atom. The Labute approximate surface area is 155 Å². The lowest BCUT2D eigenvalue weighted by Gasteiger charge is -2.35. The van der Waals surface area contributed by atoms with E-state index in [0.29, 0.717) is 36.8 Å². The number of hydrogen-bond acceptors (Lipinski definition) is 6. The van der Waals surface area contributed by atoms with E-state index >= 15 is 0 Å². The fraction of sp³-hybridized carbons (Fsp3) is 0.632. The molecule has 0 spiro atoms. The molecule has 0 saturated carbocycles. The van der Waals surface area contributed by atoms with Crippen molar-refractivity contribution in [2.45, 2.75) is 19.3 Å². The number of methoxy groups -OCH3 is 4. The molecule has 1 aromatic rings. The van der Waals surface area contributed by atoms with Crippen LogP contribution in [0.1, 0.15) is 18.4 Å². The predicted octanol–water partition coefficient (Wildman–Crippen LogP) is 1.39. The largest absolute Gasteiger partial charge is 0.496 e. The first-order chi connectivity index (χ1) is 12.6. The second-order valence-corrected chi connectivity index (χ2v) is 6.48. The van der Waals surface area contributed by atoms with Crippen LogP contribution in [0.5, 0.6) is 17.2 Å². The Morgan fingerprint density at radius 2 is 1.69 bits per heavy atom. The number of benzene rings is 1. The van der Waals surface area contributed by atoms with Gasteiger partial charge in [0.1, 0.15) is 17.2 Å². The van der Waals surface area contributed by atoms with Crippen LogP contribution in [0, 0.1) is 5.41 Å². The van der Waals surface area contributed by atoms with Crippen molar-refractivity contribution in [1.29, 1.82) is 0 Å². The molecule has 0 aromatic heterocycles. The van der Waals surface area contributed by atoms with Crippen LogP contribution < -0.4 is 24.8 Å². The Bertz CT molecular complexity index is 569. The van der Waals surface area contributed by atoms with Gasteiger partial charge in [0, 0.05) is 31.4 Å². The zero-order chi connectivity index (χ0) is 19.0. The number of piperidine rings is 1. The molecule has 1 amide bonds. The molecular weight excluding hydrogens is 336 g/mol. The minimum absolute atomic E-state index is 0.0484. The molecule has 1 aromatic carbocycles. The van der Waals surface area contributed by atoms with E-state index in [1.807, 2.05) is 12.1 Å². The number of hydrogen-bond donors (Lipinski definition) is 2. The second kappa shape index (κ2) is 9.64. The fourth-order valence-electron chi connectivity index (χ4n) is 3.43. The van der Waals surface area contributed by atoms with E-state index in [1.54, 1.807) is 28.4 Å². The van der Waals surface area contributed by atoms with E-state index in [-0.39, 0.29) is 5.91 Å². The molecule has 7 heteroatoms. The van der Waals surface area contributed by atoms with Gasteiger partial charge in [0.25, 0.3) is 0 Å². The maximum atomic E-state index is 12.8. The summed E-state index contributed by atoms with van der Waals surface area (Å²) in [6.45, 7) is 2.60. The summed E-state index contributed by atoms with van der Waals surface area (Å²) in [6, 6.07) is 3.64. The second-order valence-electron chi connectivity index (χ2n) is 6.48. The molecule has 7 nitrogen and oxygen atoms in total. The Hall–Kier alpha value is -1.99. The molecule has 2 rings (SSSR count). The molecule has 0 aliphatic carbocycles. The molecule has 26 heavy (non-hydrogen) atoms. The van der Waals surface area contributed by atoms with Gasteiger partial charge in [-0.25, -0.2) is 0 Å². The summed E-state index contributed by atoms with van der Waals surface area (Å²) in [5.74, 6) is 2.08. The molecule has 0 bridgehead atoms. The molecule has 1 aliphatic heterocycles. The fourth-order valence-corrected chi connectivity index (χ4v) is 3.43. The average Bonchev–Trinajstić information content (AvgIpc) is 2.68. The van der Waals surface area contributed by atoms with Gasteiger partial charge in [-0.05, 0) is 32.4 Å². The number of carbonyl (C=O) groups is 1. The summed E-state index contributed by atoms with van der Waals surface area (Å²) in [6.07, 6.45) is 2.16. The zero-order valence-corrected chi connectivity index (χ0v) is 16.1. The van der Waals surface area contributed by atoms with Crippen LogP contribution in [0.25, 0.3) is 0 Å². The summed E-state index contributed by atoms with van der Waals surface area (Å²) < 4.78 is 21.5. The SMILES string of the molecule is COCC1(C(=O)NCCc2c(OC)cc(OC)cc2OC)CCNCC1. The Kier molecular flexibility index (Phi) is 7.53. The molecule has 1 saturated heterocycles. The summed E-state index contributed by atoms with van der Waals surface area (Å²) in [5, 5.41) is 6.36. The van der Waals surface area contributed by atoms with Crippen LogP contribution in [0.2, 0.25) is 0 Å². The Morgan fingerprint density at radius 3 is 2.19 bits per heavy atom. The summed E-state index contributed by atoms with van der Waals surface area (Å²) >= 11 is 0. The number of nitrogens with one attached hydrogen (secondary N) is 2. The van der Waals surface area contributed by atoms with Gasteiger partial charge in [-0.3, -0.25) is 4.79 Å². The van der Waals surface area contributed by atoms with Crippen LogP contribution in [0.15, 0.2) is 12.1 Å². The highest BCUT2D eigenvalue weighted by Gasteiger charge is 2.39. The molecule has 1 fully saturated rings. The van der Waals surface area contributed by atoms with Crippen LogP contribution >= 0.6 is 0 Å². The van der Waals surface area contributed by atoms with Crippen molar-refractivity contribution in [2.75, 3.05) is 54.7 Å². The third kappa shape index (κ3) is 4.59. The highest BCUT2D eigenvalue weighted by molar-refractivity contribution is 5.83. The lowest BCUT2D eigenvalue weighted by molar-refractivity contribution is -0.136. The van der Waals surface area contributed by atoms with E-state index in [1.165, 1.54) is 0 Å². The average molecular weight is 366 g/mol. The van der Waals surface area contributed by atoms with Crippen molar-refractivity contribution in [3.05, 3.63) is 17.7 Å². The number of amides is 1. The standard InChI is InChI=1S/C19H30N2O5/c1-23-13-19(6-9-20-10-7-19)18(22)21-8-5-15-16(25-3)11-14(24-2)12-17(15)26-4/h11-12,20H,5-10,13H2,1-4H3,(H,21,22). The molecule has 0 radical (unpaired) electrons. The van der Waals surface area contributed by atoms with Crippen molar-refractivity contribution in [2.24, 2.45) is 5.41 Å². The summed E-state index contributed by atoms with van der Waals surface area (Å²) in [5.41, 5.74) is 0.455. The lowest BCUT2D eigenvalue weighted by Crippen LogP contribution is -2.50. The van der Waals surface area contributed by atoms with Gasteiger partial charge in [0.2, 0.25) is 5.91 Å². The van der Waals surface area contributed by atoms with Gasteiger partial charge in [-0.2, -0.15) is 0 Å². The maximum Gasteiger partial charge on any atom is 0.228 e. The summed E-state index contributed by atoms with van der Waals surface area (Å²) in [7, 11) is 6.46. The quantitative estimate of drug-likeness (QED) is 0.688. The molecule has 0 unspecified atom stereocenters. The smallest absolute Gasteiger partial charge is 0.228 e. The first kappa shape index (κ1) is 20.3. The van der Waals surface area contributed by atoms with Crippen molar-refractivity contribution in [3.63, 3.8) is 0 Å². The topological polar surface area (TPSA) is 78.1 Å². The molecular formula is C19H30N2O5. The van der Waals surface area contributed by atoms with Crippen molar-refractivity contribution >= 4 is 5.91 Å². The maximum absolute atomic E-state index is 12.8. The lowest BCUT2D eigenvalue weighted by atomic mass is 9.78. The highest BCUT2D eigenvalue weighted by Crippen LogP contribution is 2.34. The van der Waals surface area contributed by atoms with Crippen molar-refractivity contribution < 1.29 is 23.7 Å². The normalized spacial score (nSPS) is 16.0. The van der Waals surface area contributed by atoms with Gasteiger partial charge in [0.05, 0.1) is 33.4 Å². The number of carbonyl (C=O) groups excluding carboxylic acids is 1. The van der Waals surface area contributed by atoms with Crippen LogP contribution in [0.4, 0.5) is 0 Å². The van der Waals surface area contributed by atoms with E-state index in [2.05, 4.69) is 10.6 Å². The first-order valence-corrected chi connectivity index (χ1v) is 8.87. The number of ether oxygens (including phenoxy) is 4. The van der Waals surface area contributed by atoms with E-state index in [0.717, 1.165) is 31.5 Å². The van der Waals surface area contributed by atoms with E-state index < -0.39 is 5.41 Å². The first-order valence-electron chi connectivity index (χ1n) is 8.87. The molecule has 1 heterocycles. The predicted molar refractivity (Wildman–Crippen MR) is 99.2 cm³/mol. The number of rotatable bonds is 9. The van der Waals surface area contributed by atoms with E-state index in [9.17, 15) is 4.79 Å². The molecule has 0 atom stereocenters. The zero-order valence-electron chi connectivity index (χ0n) is 16.1. The van der Waals surface area contributed by atoms with Gasteiger partial charge in [-0.15, -0.1) is 0 Å². The van der Waals surface area contributed by atoms with Crippen molar-refractivity contribution in [1.82, 2.24) is 10.6 Å². The molecule has 2 N–H and O–H groups in total. The highest BCUT2D eigenvalue weighted by atomic mass is 16.5.